The first kappa shape index (κ1) is 20.0. The van der Waals surface area contributed by atoms with Crippen LogP contribution in [0.2, 0.25) is 0 Å². The van der Waals surface area contributed by atoms with Crippen LogP contribution in [-0.2, 0) is 11.3 Å². The molecule has 0 aliphatic carbocycles. The van der Waals surface area contributed by atoms with E-state index in [1.54, 1.807) is 25.1 Å². The standard InChI is InChI=1S/C18H24N4O3S/c1-5-22-16(24)13-8-6-7-9-14(13)20-18(22)26-12(4)15(23)21-17(25)19-10-11(2)3/h6-9,11-12H,5,10H2,1-4H3,(H2,19,21,23,25). The van der Waals surface area contributed by atoms with Gasteiger partial charge >= 0.3 is 6.03 Å². The number of aromatic nitrogens is 2. The minimum atomic E-state index is -0.578. The number of carbonyl (C=O) groups is 2. The number of hydrogen-bond donors (Lipinski definition) is 2. The quantitative estimate of drug-likeness (QED) is 0.596. The third kappa shape index (κ3) is 4.85. The number of carbonyl (C=O) groups excluding carboxylic acids is 2. The van der Waals surface area contributed by atoms with Gasteiger partial charge < -0.3 is 5.32 Å². The number of urea groups is 1. The Morgan fingerprint density at radius 1 is 1.23 bits per heavy atom. The van der Waals surface area contributed by atoms with E-state index in [2.05, 4.69) is 15.6 Å². The molecule has 1 aromatic heterocycles. The molecule has 1 heterocycles. The van der Waals surface area contributed by atoms with Gasteiger partial charge in [0.05, 0.1) is 16.2 Å². The minimum absolute atomic E-state index is 0.136. The van der Waals surface area contributed by atoms with Crippen molar-refractivity contribution in [2.45, 2.75) is 44.6 Å². The third-order valence-electron chi connectivity index (χ3n) is 3.70. The lowest BCUT2D eigenvalue weighted by Crippen LogP contribution is -2.43. The summed E-state index contributed by atoms with van der Waals surface area (Å²) in [6.07, 6.45) is 0. The van der Waals surface area contributed by atoms with Crippen LogP contribution >= 0.6 is 11.8 Å². The summed E-state index contributed by atoms with van der Waals surface area (Å²) >= 11 is 1.16. The van der Waals surface area contributed by atoms with E-state index in [9.17, 15) is 14.4 Å². The molecule has 0 bridgehead atoms. The van der Waals surface area contributed by atoms with Crippen LogP contribution in [0, 0.1) is 5.92 Å². The first-order valence-electron chi connectivity index (χ1n) is 8.58. The molecular weight excluding hydrogens is 352 g/mol. The highest BCUT2D eigenvalue weighted by Gasteiger charge is 2.20. The summed E-state index contributed by atoms with van der Waals surface area (Å²) < 4.78 is 1.54. The topological polar surface area (TPSA) is 93.1 Å². The fourth-order valence-corrected chi connectivity index (χ4v) is 3.26. The first-order valence-corrected chi connectivity index (χ1v) is 9.46. The monoisotopic (exact) mass is 376 g/mol. The second kappa shape index (κ2) is 8.84. The van der Waals surface area contributed by atoms with E-state index in [0.29, 0.717) is 35.1 Å². The van der Waals surface area contributed by atoms with Crippen molar-refractivity contribution in [1.82, 2.24) is 20.2 Å². The molecule has 0 aliphatic heterocycles. The van der Waals surface area contributed by atoms with Crippen LogP contribution in [0.4, 0.5) is 4.79 Å². The maximum Gasteiger partial charge on any atom is 0.321 e. The van der Waals surface area contributed by atoms with Gasteiger partial charge in [-0.1, -0.05) is 37.7 Å². The van der Waals surface area contributed by atoms with Crippen molar-refractivity contribution < 1.29 is 9.59 Å². The number of rotatable bonds is 6. The Hall–Kier alpha value is -2.35. The van der Waals surface area contributed by atoms with Crippen LogP contribution in [0.25, 0.3) is 10.9 Å². The molecule has 1 unspecified atom stereocenters. The van der Waals surface area contributed by atoms with Gasteiger partial charge in [-0.15, -0.1) is 0 Å². The number of nitrogens with zero attached hydrogens (tertiary/aromatic N) is 2. The Kier molecular flexibility index (Phi) is 6.79. The van der Waals surface area contributed by atoms with Crippen LogP contribution in [-0.4, -0.2) is 33.3 Å². The van der Waals surface area contributed by atoms with Crippen molar-refractivity contribution in [3.63, 3.8) is 0 Å². The van der Waals surface area contributed by atoms with Crippen molar-refractivity contribution >= 4 is 34.6 Å². The summed E-state index contributed by atoms with van der Waals surface area (Å²) in [6.45, 7) is 8.40. The molecule has 2 N–H and O–H groups in total. The maximum absolute atomic E-state index is 12.6. The number of para-hydroxylation sites is 1. The molecule has 7 nitrogen and oxygen atoms in total. The van der Waals surface area contributed by atoms with Crippen molar-refractivity contribution in [3.05, 3.63) is 34.6 Å². The van der Waals surface area contributed by atoms with Gasteiger partial charge in [0.2, 0.25) is 5.91 Å². The van der Waals surface area contributed by atoms with E-state index < -0.39 is 17.2 Å². The predicted octanol–water partition coefficient (Wildman–Crippen LogP) is 2.38. The Labute approximate surface area is 156 Å². The Bertz CT molecular complexity index is 863. The zero-order valence-corrected chi connectivity index (χ0v) is 16.2. The molecule has 8 heteroatoms. The largest absolute Gasteiger partial charge is 0.338 e. The van der Waals surface area contributed by atoms with E-state index >= 15 is 0 Å². The van der Waals surface area contributed by atoms with E-state index in [4.69, 9.17) is 0 Å². The summed E-state index contributed by atoms with van der Waals surface area (Å²) in [5, 5.41) is 5.38. The summed E-state index contributed by atoms with van der Waals surface area (Å²) in [4.78, 5) is 41.1. The summed E-state index contributed by atoms with van der Waals surface area (Å²) in [5.74, 6) is -0.134. The van der Waals surface area contributed by atoms with Crippen LogP contribution < -0.4 is 16.2 Å². The number of amides is 3. The number of nitrogens with one attached hydrogen (secondary N) is 2. The van der Waals surface area contributed by atoms with Gasteiger partial charge in [-0.3, -0.25) is 19.5 Å². The lowest BCUT2D eigenvalue weighted by molar-refractivity contribution is -0.119. The van der Waals surface area contributed by atoms with E-state index in [1.165, 1.54) is 4.57 Å². The van der Waals surface area contributed by atoms with Crippen molar-refractivity contribution in [2.75, 3.05) is 6.54 Å². The molecule has 1 atom stereocenters. The number of benzene rings is 1. The molecule has 0 radical (unpaired) electrons. The van der Waals surface area contributed by atoms with E-state index in [-0.39, 0.29) is 5.56 Å². The summed E-state index contributed by atoms with van der Waals surface area (Å²) in [7, 11) is 0. The Balaban J connectivity index is 2.15. The number of fused-ring (bicyclic) bond motifs is 1. The van der Waals surface area contributed by atoms with Crippen LogP contribution in [0.15, 0.2) is 34.2 Å². The summed E-state index contributed by atoms with van der Waals surface area (Å²) in [5.41, 5.74) is 0.454. The second-order valence-electron chi connectivity index (χ2n) is 6.31. The van der Waals surface area contributed by atoms with Gasteiger partial charge in [-0.2, -0.15) is 0 Å². The van der Waals surface area contributed by atoms with Crippen LogP contribution in [0.1, 0.15) is 27.7 Å². The lowest BCUT2D eigenvalue weighted by Gasteiger charge is -2.15. The molecule has 3 amide bonds. The van der Waals surface area contributed by atoms with Crippen molar-refractivity contribution in [3.8, 4) is 0 Å². The Morgan fingerprint density at radius 3 is 2.58 bits per heavy atom. The van der Waals surface area contributed by atoms with Gasteiger partial charge in [0.15, 0.2) is 5.16 Å². The molecule has 0 spiro atoms. The molecular formula is C18H24N4O3S. The molecule has 0 aliphatic rings. The highest BCUT2D eigenvalue weighted by atomic mass is 32.2. The van der Waals surface area contributed by atoms with Gasteiger partial charge in [-0.25, -0.2) is 9.78 Å². The van der Waals surface area contributed by atoms with Gasteiger partial charge in [0.1, 0.15) is 0 Å². The zero-order valence-electron chi connectivity index (χ0n) is 15.4. The van der Waals surface area contributed by atoms with Crippen molar-refractivity contribution in [2.24, 2.45) is 5.92 Å². The van der Waals surface area contributed by atoms with Gasteiger partial charge in [-0.05, 0) is 31.9 Å². The van der Waals surface area contributed by atoms with E-state index in [0.717, 1.165) is 11.8 Å². The second-order valence-corrected chi connectivity index (χ2v) is 7.62. The van der Waals surface area contributed by atoms with Crippen LogP contribution in [0.5, 0.6) is 0 Å². The highest BCUT2D eigenvalue weighted by Crippen LogP contribution is 2.22. The SMILES string of the molecule is CCn1c(SC(C)C(=O)NC(=O)NCC(C)C)nc2ccccc2c1=O. The fourth-order valence-electron chi connectivity index (χ4n) is 2.28. The molecule has 140 valence electrons. The van der Waals surface area contributed by atoms with Crippen LogP contribution in [0.3, 0.4) is 0 Å². The van der Waals surface area contributed by atoms with Gasteiger partial charge in [0.25, 0.3) is 5.56 Å². The lowest BCUT2D eigenvalue weighted by atomic mass is 10.2. The molecule has 0 saturated carbocycles. The smallest absolute Gasteiger partial charge is 0.321 e. The highest BCUT2D eigenvalue weighted by molar-refractivity contribution is 8.00. The average molecular weight is 376 g/mol. The predicted molar refractivity (Wildman–Crippen MR) is 103 cm³/mol. The maximum atomic E-state index is 12.6. The Morgan fingerprint density at radius 2 is 1.92 bits per heavy atom. The molecule has 2 rings (SSSR count). The molecule has 2 aromatic rings. The van der Waals surface area contributed by atoms with Crippen molar-refractivity contribution in [1.29, 1.82) is 0 Å². The minimum Gasteiger partial charge on any atom is -0.338 e. The molecule has 1 aromatic carbocycles. The summed E-state index contributed by atoms with van der Waals surface area (Å²) in [6, 6.07) is 6.60. The first-order chi connectivity index (χ1) is 12.3. The van der Waals surface area contributed by atoms with Gasteiger partial charge in [0, 0.05) is 13.1 Å². The molecule has 0 saturated heterocycles. The number of imide groups is 1. The molecule has 0 fully saturated rings. The normalized spacial score (nSPS) is 12.2. The number of thioether (sulfide) groups is 1. The third-order valence-corrected chi connectivity index (χ3v) is 4.79. The number of hydrogen-bond acceptors (Lipinski definition) is 5. The molecule has 26 heavy (non-hydrogen) atoms. The zero-order chi connectivity index (χ0) is 19.3. The fraction of sp³-hybridized carbons (Fsp3) is 0.444. The van der Waals surface area contributed by atoms with E-state index in [1.807, 2.05) is 26.8 Å². The average Bonchev–Trinajstić information content (AvgIpc) is 2.60.